The zero-order valence-electron chi connectivity index (χ0n) is 18.0. The summed E-state index contributed by atoms with van der Waals surface area (Å²) in [5.41, 5.74) is 1.81. The lowest BCUT2D eigenvalue weighted by Gasteiger charge is -2.13. The summed E-state index contributed by atoms with van der Waals surface area (Å²) in [6.07, 6.45) is 1.77. The fourth-order valence-electron chi connectivity index (χ4n) is 2.30. The molecule has 0 spiro atoms. The summed E-state index contributed by atoms with van der Waals surface area (Å²) in [6, 6.07) is 7.74. The number of anilines is 1. The topological polar surface area (TPSA) is 91.5 Å². The SMILES string of the molecule is CN=C(NCc1ccc(NC(=O)C(C)C)cc1)NCc1ncc(C(C)(C)C)o1.I. The van der Waals surface area contributed by atoms with Crippen molar-refractivity contribution in [1.29, 1.82) is 0 Å². The van der Waals surface area contributed by atoms with Gasteiger partial charge in [0.2, 0.25) is 11.8 Å². The average molecular weight is 513 g/mol. The van der Waals surface area contributed by atoms with Crippen LogP contribution in [-0.2, 0) is 23.3 Å². The molecule has 3 N–H and O–H groups in total. The number of halogens is 1. The minimum absolute atomic E-state index is 0. The van der Waals surface area contributed by atoms with E-state index >= 15 is 0 Å². The van der Waals surface area contributed by atoms with Crippen LogP contribution in [-0.4, -0.2) is 23.9 Å². The van der Waals surface area contributed by atoms with Gasteiger partial charge in [-0.15, -0.1) is 24.0 Å². The van der Waals surface area contributed by atoms with Crippen molar-refractivity contribution in [3.05, 3.63) is 47.7 Å². The Morgan fingerprint density at radius 1 is 1.14 bits per heavy atom. The lowest BCUT2D eigenvalue weighted by molar-refractivity contribution is -0.118. The molecule has 0 saturated heterocycles. The van der Waals surface area contributed by atoms with Crippen molar-refractivity contribution in [3.63, 3.8) is 0 Å². The summed E-state index contributed by atoms with van der Waals surface area (Å²) < 4.78 is 5.78. The fraction of sp³-hybridized carbons (Fsp3) is 0.476. The molecule has 1 heterocycles. The zero-order valence-corrected chi connectivity index (χ0v) is 20.3. The summed E-state index contributed by atoms with van der Waals surface area (Å²) in [5.74, 6) is 2.11. The Hall–Kier alpha value is -2.10. The van der Waals surface area contributed by atoms with E-state index in [0.717, 1.165) is 17.0 Å². The van der Waals surface area contributed by atoms with Gasteiger partial charge in [0.15, 0.2) is 5.96 Å². The number of amides is 1. The highest BCUT2D eigenvalue weighted by Gasteiger charge is 2.19. The number of hydrogen-bond donors (Lipinski definition) is 3. The second-order valence-electron chi connectivity index (χ2n) is 7.99. The summed E-state index contributed by atoms with van der Waals surface area (Å²) in [4.78, 5) is 20.3. The van der Waals surface area contributed by atoms with Gasteiger partial charge in [-0.1, -0.05) is 46.8 Å². The number of aromatic nitrogens is 1. The molecule has 0 bridgehead atoms. The van der Waals surface area contributed by atoms with Gasteiger partial charge in [0, 0.05) is 30.6 Å². The van der Waals surface area contributed by atoms with Gasteiger partial charge < -0.3 is 20.4 Å². The molecule has 0 fully saturated rings. The molecule has 2 aromatic rings. The smallest absolute Gasteiger partial charge is 0.226 e. The van der Waals surface area contributed by atoms with Crippen LogP contribution in [0.2, 0.25) is 0 Å². The lowest BCUT2D eigenvalue weighted by Crippen LogP contribution is -2.36. The van der Waals surface area contributed by atoms with E-state index in [2.05, 4.69) is 46.7 Å². The predicted molar refractivity (Wildman–Crippen MR) is 128 cm³/mol. The van der Waals surface area contributed by atoms with Crippen LogP contribution in [0.1, 0.15) is 51.8 Å². The van der Waals surface area contributed by atoms with Gasteiger partial charge in [-0.05, 0) is 17.7 Å². The first kappa shape index (κ1) is 24.9. The number of hydrogen-bond acceptors (Lipinski definition) is 4. The molecule has 0 aliphatic carbocycles. The zero-order chi connectivity index (χ0) is 20.7. The van der Waals surface area contributed by atoms with Gasteiger partial charge in [0.05, 0.1) is 12.7 Å². The highest BCUT2D eigenvalue weighted by Crippen LogP contribution is 2.22. The first-order chi connectivity index (χ1) is 13.2. The van der Waals surface area contributed by atoms with Gasteiger partial charge in [-0.2, -0.15) is 0 Å². The summed E-state index contributed by atoms with van der Waals surface area (Å²) in [5, 5.41) is 9.33. The molecule has 2 rings (SSSR count). The molecule has 1 aromatic heterocycles. The standard InChI is InChI=1S/C21H31N5O2.HI/c1-14(2)19(27)26-16-9-7-15(8-10-16)11-24-20(22-6)25-13-18-23-12-17(28-18)21(3,4)5;/h7-10,12,14H,11,13H2,1-6H3,(H,26,27)(H2,22,24,25);1H. The molecule has 0 saturated carbocycles. The third-order valence-electron chi connectivity index (χ3n) is 4.13. The van der Waals surface area contributed by atoms with E-state index in [9.17, 15) is 4.79 Å². The Morgan fingerprint density at radius 2 is 1.76 bits per heavy atom. The maximum absolute atomic E-state index is 11.7. The van der Waals surface area contributed by atoms with Crippen LogP contribution in [0.3, 0.4) is 0 Å². The van der Waals surface area contributed by atoms with Crippen molar-refractivity contribution < 1.29 is 9.21 Å². The van der Waals surface area contributed by atoms with E-state index in [1.165, 1.54) is 0 Å². The van der Waals surface area contributed by atoms with E-state index in [-0.39, 0.29) is 41.2 Å². The van der Waals surface area contributed by atoms with E-state index < -0.39 is 0 Å². The molecule has 0 aliphatic rings. The van der Waals surface area contributed by atoms with Gasteiger partial charge in [0.25, 0.3) is 0 Å². The van der Waals surface area contributed by atoms with Crippen molar-refractivity contribution >= 4 is 41.5 Å². The number of carbonyl (C=O) groups is 1. The molecule has 160 valence electrons. The number of benzene rings is 1. The van der Waals surface area contributed by atoms with Crippen molar-refractivity contribution in [3.8, 4) is 0 Å². The highest BCUT2D eigenvalue weighted by molar-refractivity contribution is 14.0. The number of nitrogens with zero attached hydrogens (tertiary/aromatic N) is 2. The van der Waals surface area contributed by atoms with E-state index in [0.29, 0.717) is 24.9 Å². The monoisotopic (exact) mass is 513 g/mol. The molecule has 0 unspecified atom stereocenters. The molecule has 0 atom stereocenters. The normalized spacial score (nSPS) is 11.8. The second-order valence-corrected chi connectivity index (χ2v) is 7.99. The highest BCUT2D eigenvalue weighted by atomic mass is 127. The molecule has 7 nitrogen and oxygen atoms in total. The number of rotatable bonds is 6. The third kappa shape index (κ3) is 8.04. The maximum atomic E-state index is 11.7. The molecular weight excluding hydrogens is 481 g/mol. The molecule has 1 amide bonds. The van der Waals surface area contributed by atoms with Gasteiger partial charge in [-0.25, -0.2) is 4.98 Å². The molecular formula is C21H32IN5O2. The Bertz CT molecular complexity index is 807. The molecule has 29 heavy (non-hydrogen) atoms. The van der Waals surface area contributed by atoms with Crippen LogP contribution in [0, 0.1) is 5.92 Å². The minimum Gasteiger partial charge on any atom is -0.443 e. The number of carbonyl (C=O) groups excluding carboxylic acids is 1. The van der Waals surface area contributed by atoms with Crippen LogP contribution >= 0.6 is 24.0 Å². The average Bonchev–Trinajstić information content (AvgIpc) is 3.12. The Labute approximate surface area is 190 Å². The number of guanidine groups is 1. The van der Waals surface area contributed by atoms with Gasteiger partial charge in [0.1, 0.15) is 5.76 Å². The third-order valence-corrected chi connectivity index (χ3v) is 4.13. The number of nitrogens with one attached hydrogen (secondary N) is 3. The number of oxazole rings is 1. The summed E-state index contributed by atoms with van der Waals surface area (Å²) in [7, 11) is 1.72. The van der Waals surface area contributed by atoms with Crippen molar-refractivity contribution in [2.45, 2.75) is 53.1 Å². The van der Waals surface area contributed by atoms with E-state index in [4.69, 9.17) is 4.42 Å². The minimum atomic E-state index is -0.0635. The van der Waals surface area contributed by atoms with Crippen LogP contribution < -0.4 is 16.0 Å². The molecule has 8 heteroatoms. The van der Waals surface area contributed by atoms with Crippen LogP contribution in [0.15, 0.2) is 39.9 Å². The van der Waals surface area contributed by atoms with E-state index in [1.54, 1.807) is 13.2 Å². The van der Waals surface area contributed by atoms with Crippen molar-refractivity contribution in [1.82, 2.24) is 15.6 Å². The van der Waals surface area contributed by atoms with Gasteiger partial charge in [-0.3, -0.25) is 9.79 Å². The molecule has 0 radical (unpaired) electrons. The van der Waals surface area contributed by atoms with Gasteiger partial charge >= 0.3 is 0 Å². The first-order valence-electron chi connectivity index (χ1n) is 9.48. The number of aliphatic imine (C=N–C) groups is 1. The maximum Gasteiger partial charge on any atom is 0.226 e. The second kappa shape index (κ2) is 11.2. The Kier molecular flexibility index (Phi) is 9.61. The molecule has 0 aliphatic heterocycles. The largest absolute Gasteiger partial charge is 0.443 e. The molecule has 1 aromatic carbocycles. The lowest BCUT2D eigenvalue weighted by atomic mass is 9.94. The fourth-order valence-corrected chi connectivity index (χ4v) is 2.30. The van der Waals surface area contributed by atoms with Crippen LogP contribution in [0.4, 0.5) is 5.69 Å². The van der Waals surface area contributed by atoms with Crippen LogP contribution in [0.25, 0.3) is 0 Å². The summed E-state index contributed by atoms with van der Waals surface area (Å²) in [6.45, 7) is 11.1. The quantitative estimate of drug-likeness (QED) is 0.308. The Morgan fingerprint density at radius 3 is 2.28 bits per heavy atom. The van der Waals surface area contributed by atoms with Crippen molar-refractivity contribution in [2.24, 2.45) is 10.9 Å². The van der Waals surface area contributed by atoms with Crippen LogP contribution in [0.5, 0.6) is 0 Å². The van der Waals surface area contributed by atoms with Crippen molar-refractivity contribution in [2.75, 3.05) is 12.4 Å². The summed E-state index contributed by atoms with van der Waals surface area (Å²) >= 11 is 0. The van der Waals surface area contributed by atoms with E-state index in [1.807, 2.05) is 38.1 Å². The first-order valence-corrected chi connectivity index (χ1v) is 9.48. The Balaban J connectivity index is 0.00000420. The predicted octanol–water partition coefficient (Wildman–Crippen LogP) is 4.05.